The molecule has 1 aromatic rings. The first kappa shape index (κ1) is 19.1. The first-order valence-corrected chi connectivity index (χ1v) is 8.09. The van der Waals surface area contributed by atoms with Crippen molar-refractivity contribution in [3.8, 4) is 0 Å². The Morgan fingerprint density at radius 3 is 2.36 bits per heavy atom. The van der Waals surface area contributed by atoms with Crippen LogP contribution in [0.3, 0.4) is 0 Å². The van der Waals surface area contributed by atoms with E-state index in [1.54, 1.807) is 12.1 Å². The van der Waals surface area contributed by atoms with E-state index in [-0.39, 0.29) is 18.5 Å². The fourth-order valence-electron chi connectivity index (χ4n) is 3.17. The minimum absolute atomic E-state index is 0.0441. The highest BCUT2D eigenvalue weighted by molar-refractivity contribution is 5.87. The first-order valence-electron chi connectivity index (χ1n) is 8.09. The van der Waals surface area contributed by atoms with Crippen molar-refractivity contribution < 1.29 is 27.9 Å². The maximum Gasteiger partial charge on any atom is 0.393 e. The zero-order valence-corrected chi connectivity index (χ0v) is 13.8. The third-order valence-electron chi connectivity index (χ3n) is 4.61. The second kappa shape index (κ2) is 7.76. The third-order valence-corrected chi connectivity index (χ3v) is 4.61. The molecule has 0 radical (unpaired) electrons. The molecule has 1 aromatic carbocycles. The van der Waals surface area contributed by atoms with Gasteiger partial charge in [-0.2, -0.15) is 13.2 Å². The molecule has 0 bridgehead atoms. The van der Waals surface area contributed by atoms with Crippen molar-refractivity contribution in [3.05, 3.63) is 35.4 Å². The second-order valence-corrected chi connectivity index (χ2v) is 6.27. The van der Waals surface area contributed by atoms with E-state index in [1.807, 2.05) is 0 Å². The van der Waals surface area contributed by atoms with Crippen molar-refractivity contribution in [2.75, 3.05) is 7.05 Å². The summed E-state index contributed by atoms with van der Waals surface area (Å²) < 4.78 is 39.5. The van der Waals surface area contributed by atoms with Crippen LogP contribution in [-0.4, -0.2) is 41.3 Å². The molecule has 2 rings (SSSR count). The maximum atomic E-state index is 13.2. The number of nitrogens with zero attached hydrogens (tertiary/aromatic N) is 1. The number of halogens is 3. The summed E-state index contributed by atoms with van der Waals surface area (Å²) in [7, 11) is 1.39. The van der Waals surface area contributed by atoms with Gasteiger partial charge in [-0.3, -0.25) is 0 Å². The molecule has 138 valence electrons. The van der Waals surface area contributed by atoms with Gasteiger partial charge in [0.1, 0.15) is 0 Å². The van der Waals surface area contributed by atoms with Crippen LogP contribution in [0.4, 0.5) is 18.0 Å². The van der Waals surface area contributed by atoms with E-state index in [9.17, 15) is 22.8 Å². The van der Waals surface area contributed by atoms with Crippen molar-refractivity contribution in [2.45, 2.75) is 44.4 Å². The number of aromatic carboxylic acids is 1. The molecule has 5 nitrogen and oxygen atoms in total. The van der Waals surface area contributed by atoms with Crippen LogP contribution < -0.4 is 5.32 Å². The van der Waals surface area contributed by atoms with Crippen LogP contribution in [0.15, 0.2) is 24.3 Å². The van der Waals surface area contributed by atoms with Crippen LogP contribution in [-0.2, 0) is 6.54 Å². The lowest BCUT2D eigenvalue weighted by atomic mass is 9.83. The van der Waals surface area contributed by atoms with E-state index in [0.717, 1.165) is 4.90 Å². The van der Waals surface area contributed by atoms with Gasteiger partial charge in [0.25, 0.3) is 0 Å². The number of carboxylic acid groups (broad SMARTS) is 1. The SMILES string of the molecule is CN(C(=O)NCc1ccc(C(=O)O)cc1)[C@H]1CCCC[C@H]1C(F)(F)F. The van der Waals surface area contributed by atoms with Crippen LogP contribution in [0.25, 0.3) is 0 Å². The van der Waals surface area contributed by atoms with Crippen LogP contribution in [0.1, 0.15) is 41.6 Å². The summed E-state index contributed by atoms with van der Waals surface area (Å²) >= 11 is 0. The molecule has 1 aliphatic carbocycles. The highest BCUT2D eigenvalue weighted by Crippen LogP contribution is 2.39. The van der Waals surface area contributed by atoms with Gasteiger partial charge in [0.15, 0.2) is 0 Å². The minimum atomic E-state index is -4.31. The number of carbonyl (C=O) groups is 2. The lowest BCUT2D eigenvalue weighted by Crippen LogP contribution is -2.51. The summed E-state index contributed by atoms with van der Waals surface area (Å²) in [5.41, 5.74) is 0.796. The number of carboxylic acids is 1. The number of amides is 2. The van der Waals surface area contributed by atoms with Gasteiger partial charge in [0, 0.05) is 19.6 Å². The highest BCUT2D eigenvalue weighted by Gasteiger charge is 2.47. The average Bonchev–Trinajstić information content (AvgIpc) is 2.58. The van der Waals surface area contributed by atoms with E-state index in [0.29, 0.717) is 24.8 Å². The fraction of sp³-hybridized carbons (Fsp3) is 0.529. The molecule has 0 unspecified atom stereocenters. The average molecular weight is 358 g/mol. The number of alkyl halides is 3. The molecule has 1 aliphatic rings. The molecule has 0 saturated heterocycles. The van der Waals surface area contributed by atoms with Crippen LogP contribution >= 0.6 is 0 Å². The molecule has 8 heteroatoms. The number of hydrogen-bond donors (Lipinski definition) is 2. The Morgan fingerprint density at radius 1 is 1.20 bits per heavy atom. The molecule has 0 aliphatic heterocycles. The van der Waals surface area contributed by atoms with Crippen LogP contribution in [0.2, 0.25) is 0 Å². The van der Waals surface area contributed by atoms with E-state index >= 15 is 0 Å². The summed E-state index contributed by atoms with van der Waals surface area (Å²) in [6.07, 6.45) is -2.74. The van der Waals surface area contributed by atoms with Crippen LogP contribution in [0.5, 0.6) is 0 Å². The van der Waals surface area contributed by atoms with Gasteiger partial charge in [-0.25, -0.2) is 9.59 Å². The summed E-state index contributed by atoms with van der Waals surface area (Å²) in [5, 5.41) is 11.4. The molecule has 2 amide bonds. The second-order valence-electron chi connectivity index (χ2n) is 6.27. The number of benzene rings is 1. The Kier molecular flexibility index (Phi) is 5.92. The van der Waals surface area contributed by atoms with Gasteiger partial charge < -0.3 is 15.3 Å². The molecule has 0 aromatic heterocycles. The van der Waals surface area contributed by atoms with Gasteiger partial charge >= 0.3 is 18.2 Å². The molecular weight excluding hydrogens is 337 g/mol. The standard InChI is InChI=1S/C17H21F3N2O3/c1-22(14-5-3-2-4-13(14)17(18,19)20)16(25)21-10-11-6-8-12(9-7-11)15(23)24/h6-9,13-14H,2-5,10H2,1H3,(H,21,25)(H,23,24)/t13-,14+/m1/s1. The lowest BCUT2D eigenvalue weighted by molar-refractivity contribution is -0.195. The predicted octanol–water partition coefficient (Wildman–Crippen LogP) is 3.65. The number of nitrogens with one attached hydrogen (secondary N) is 1. The van der Waals surface area contributed by atoms with Crippen LogP contribution in [0, 0.1) is 5.92 Å². The molecule has 1 saturated carbocycles. The van der Waals surface area contributed by atoms with Crippen molar-refractivity contribution in [2.24, 2.45) is 5.92 Å². The summed E-state index contributed by atoms with van der Waals surface area (Å²) in [6.45, 7) is 0.118. The van der Waals surface area contributed by atoms with Gasteiger partial charge in [-0.05, 0) is 30.5 Å². The summed E-state index contributed by atoms with van der Waals surface area (Å²) in [5.74, 6) is -2.54. The largest absolute Gasteiger partial charge is 0.478 e. The van der Waals surface area contributed by atoms with E-state index in [4.69, 9.17) is 5.11 Å². The summed E-state index contributed by atoms with van der Waals surface area (Å²) in [6, 6.07) is 4.51. The zero-order chi connectivity index (χ0) is 18.6. The molecule has 0 spiro atoms. The van der Waals surface area contributed by atoms with Crippen molar-refractivity contribution in [1.29, 1.82) is 0 Å². The maximum absolute atomic E-state index is 13.2. The van der Waals surface area contributed by atoms with Gasteiger partial charge in [0.05, 0.1) is 11.5 Å². The smallest absolute Gasteiger partial charge is 0.393 e. The van der Waals surface area contributed by atoms with Gasteiger partial charge in [-0.1, -0.05) is 25.0 Å². The Hall–Kier alpha value is -2.25. The summed E-state index contributed by atoms with van der Waals surface area (Å²) in [4.78, 5) is 24.1. The van der Waals surface area contributed by atoms with Crippen molar-refractivity contribution in [3.63, 3.8) is 0 Å². The first-order chi connectivity index (χ1) is 11.7. The molecular formula is C17H21F3N2O3. The molecule has 25 heavy (non-hydrogen) atoms. The Labute approximate surface area is 143 Å². The number of urea groups is 1. The quantitative estimate of drug-likeness (QED) is 0.863. The molecule has 2 atom stereocenters. The monoisotopic (exact) mass is 358 g/mol. The highest BCUT2D eigenvalue weighted by atomic mass is 19.4. The fourth-order valence-corrected chi connectivity index (χ4v) is 3.17. The van der Waals surface area contributed by atoms with E-state index in [2.05, 4.69) is 5.32 Å². The predicted molar refractivity (Wildman–Crippen MR) is 85.2 cm³/mol. The van der Waals surface area contributed by atoms with E-state index < -0.39 is 30.1 Å². The topological polar surface area (TPSA) is 69.6 Å². The Balaban J connectivity index is 1.96. The molecule has 2 N–H and O–H groups in total. The molecule has 0 heterocycles. The zero-order valence-electron chi connectivity index (χ0n) is 13.8. The normalized spacial score (nSPS) is 20.8. The van der Waals surface area contributed by atoms with E-state index in [1.165, 1.54) is 19.2 Å². The third kappa shape index (κ3) is 4.87. The van der Waals surface area contributed by atoms with Gasteiger partial charge in [-0.15, -0.1) is 0 Å². The number of carbonyl (C=O) groups excluding carboxylic acids is 1. The van der Waals surface area contributed by atoms with Crippen molar-refractivity contribution >= 4 is 12.0 Å². The van der Waals surface area contributed by atoms with Crippen molar-refractivity contribution in [1.82, 2.24) is 10.2 Å². The molecule has 1 fully saturated rings. The minimum Gasteiger partial charge on any atom is -0.478 e. The number of rotatable bonds is 4. The number of hydrogen-bond acceptors (Lipinski definition) is 2. The van der Waals surface area contributed by atoms with Gasteiger partial charge in [0.2, 0.25) is 0 Å². The Morgan fingerprint density at radius 2 is 1.80 bits per heavy atom. The Bertz CT molecular complexity index is 617. The lowest BCUT2D eigenvalue weighted by Gasteiger charge is -2.38.